The molecule has 1 heterocycles. The van der Waals surface area contributed by atoms with Crippen molar-refractivity contribution in [1.82, 2.24) is 0 Å². The lowest BCUT2D eigenvalue weighted by atomic mass is 10.1. The maximum Gasteiger partial charge on any atom is 0.320 e. The molecular weight excluding hydrogens is 214 g/mol. The molecule has 3 N–H and O–H groups in total. The third-order valence-electron chi connectivity index (χ3n) is 1.80. The summed E-state index contributed by atoms with van der Waals surface area (Å²) >= 11 is 0. The molecule has 1 atom stereocenters. The number of carboxylic acids is 1. The lowest BCUT2D eigenvalue weighted by molar-refractivity contribution is -0.152. The Morgan fingerprint density at radius 1 is 1.38 bits per heavy atom. The first kappa shape index (κ1) is 14.6. The highest BCUT2D eigenvalue weighted by atomic mass is 16.6. The zero-order valence-corrected chi connectivity index (χ0v) is 9.43. The highest BCUT2D eigenvalue weighted by Gasteiger charge is 2.19. The average molecular weight is 231 g/mol. The van der Waals surface area contributed by atoms with Gasteiger partial charge in [0.15, 0.2) is 0 Å². The van der Waals surface area contributed by atoms with Crippen LogP contribution >= 0.6 is 0 Å². The van der Waals surface area contributed by atoms with Crippen LogP contribution in [-0.2, 0) is 19.1 Å². The highest BCUT2D eigenvalue weighted by molar-refractivity contribution is 5.92. The third kappa shape index (κ3) is 6.94. The van der Waals surface area contributed by atoms with E-state index in [0.717, 1.165) is 0 Å². The van der Waals surface area contributed by atoms with E-state index in [2.05, 4.69) is 4.74 Å². The zero-order valence-electron chi connectivity index (χ0n) is 9.43. The number of carbonyl (C=O) groups is 3. The second kappa shape index (κ2) is 6.95. The van der Waals surface area contributed by atoms with Gasteiger partial charge in [-0.05, 0) is 12.3 Å². The first-order valence-electron chi connectivity index (χ1n) is 5.04. The van der Waals surface area contributed by atoms with Gasteiger partial charge in [0, 0.05) is 0 Å². The van der Waals surface area contributed by atoms with E-state index in [-0.39, 0.29) is 12.8 Å². The summed E-state index contributed by atoms with van der Waals surface area (Å²) in [5, 5.41) is 8.31. The zero-order chi connectivity index (χ0) is 12.7. The molecule has 1 fully saturated rings. The van der Waals surface area contributed by atoms with Gasteiger partial charge in [-0.2, -0.15) is 0 Å². The minimum atomic E-state index is -0.913. The van der Waals surface area contributed by atoms with Gasteiger partial charge >= 0.3 is 17.9 Å². The van der Waals surface area contributed by atoms with E-state index in [9.17, 15) is 14.4 Å². The van der Waals surface area contributed by atoms with E-state index in [1.165, 1.54) is 0 Å². The number of aliphatic carboxylic acids is 1. The first-order chi connectivity index (χ1) is 7.32. The first-order valence-corrected chi connectivity index (χ1v) is 5.04. The average Bonchev–Trinajstić information content (AvgIpc) is 2.49. The number of rotatable bonds is 3. The Kier molecular flexibility index (Phi) is 6.32. The quantitative estimate of drug-likeness (QED) is 0.534. The molecule has 0 aromatic heterocycles. The molecule has 0 aromatic rings. The Bertz CT molecular complexity index is 260. The number of hydrogen-bond donors (Lipinski definition) is 2. The summed E-state index contributed by atoms with van der Waals surface area (Å²) in [6.45, 7) is 3.89. The number of esters is 2. The highest BCUT2D eigenvalue weighted by Crippen LogP contribution is 2.04. The monoisotopic (exact) mass is 231 g/mol. The van der Waals surface area contributed by atoms with Gasteiger partial charge in [-0.3, -0.25) is 14.4 Å². The van der Waals surface area contributed by atoms with Crippen molar-refractivity contribution in [2.45, 2.75) is 39.2 Å². The fraction of sp³-hybridized carbons (Fsp3) is 0.700. The molecule has 1 rings (SSSR count). The molecule has 1 aliphatic heterocycles. The minimum Gasteiger partial charge on any atom is -0.480 e. The second-order valence-corrected chi connectivity index (χ2v) is 3.92. The third-order valence-corrected chi connectivity index (χ3v) is 1.80. The number of carbonyl (C=O) groups excluding carboxylic acids is 2. The lowest BCUT2D eigenvalue weighted by Crippen LogP contribution is -2.31. The lowest BCUT2D eigenvalue weighted by Gasteiger charge is -2.07. The minimum absolute atomic E-state index is 0.263. The van der Waals surface area contributed by atoms with Crippen molar-refractivity contribution in [2.75, 3.05) is 0 Å². The molecule has 16 heavy (non-hydrogen) atoms. The summed E-state index contributed by atoms with van der Waals surface area (Å²) in [6, 6.07) is -0.690. The number of nitrogens with two attached hydrogens (primary N) is 1. The fourth-order valence-electron chi connectivity index (χ4n) is 1.04. The van der Waals surface area contributed by atoms with Crippen LogP contribution in [0, 0.1) is 5.92 Å². The van der Waals surface area contributed by atoms with Crippen molar-refractivity contribution in [3.63, 3.8) is 0 Å². The molecule has 1 aliphatic rings. The summed E-state index contributed by atoms with van der Waals surface area (Å²) in [4.78, 5) is 30.1. The van der Waals surface area contributed by atoms with E-state index in [0.29, 0.717) is 12.3 Å². The van der Waals surface area contributed by atoms with Crippen molar-refractivity contribution in [1.29, 1.82) is 0 Å². The van der Waals surface area contributed by atoms with Crippen LogP contribution in [0.25, 0.3) is 0 Å². The molecule has 0 aliphatic carbocycles. The van der Waals surface area contributed by atoms with Crippen LogP contribution in [0.15, 0.2) is 0 Å². The van der Waals surface area contributed by atoms with Crippen molar-refractivity contribution < 1.29 is 24.2 Å². The van der Waals surface area contributed by atoms with Gasteiger partial charge in [-0.1, -0.05) is 13.8 Å². The second-order valence-electron chi connectivity index (χ2n) is 3.92. The van der Waals surface area contributed by atoms with Gasteiger partial charge in [-0.25, -0.2) is 0 Å². The molecule has 6 nitrogen and oxygen atoms in total. The number of carboxylic acid groups (broad SMARTS) is 1. The van der Waals surface area contributed by atoms with Gasteiger partial charge in [0.25, 0.3) is 0 Å². The maximum absolute atomic E-state index is 10.1. The summed E-state index contributed by atoms with van der Waals surface area (Å²) in [6.07, 6.45) is 1.08. The molecule has 0 bridgehead atoms. The van der Waals surface area contributed by atoms with Crippen molar-refractivity contribution in [3.8, 4) is 0 Å². The Balaban J connectivity index is 0.000000288. The topological polar surface area (TPSA) is 107 Å². The molecular formula is C10H17NO5. The molecule has 0 aromatic carbocycles. The van der Waals surface area contributed by atoms with Crippen molar-refractivity contribution >= 4 is 17.9 Å². The van der Waals surface area contributed by atoms with E-state index in [1.54, 1.807) is 0 Å². The maximum atomic E-state index is 10.1. The van der Waals surface area contributed by atoms with Gasteiger partial charge in [0.05, 0.1) is 12.8 Å². The Hall–Kier alpha value is -1.43. The van der Waals surface area contributed by atoms with Crippen LogP contribution in [0.5, 0.6) is 0 Å². The summed E-state index contributed by atoms with van der Waals surface area (Å²) in [7, 11) is 0. The predicted molar refractivity (Wildman–Crippen MR) is 55.4 cm³/mol. The molecule has 1 saturated heterocycles. The van der Waals surface area contributed by atoms with Crippen LogP contribution < -0.4 is 5.73 Å². The molecule has 0 radical (unpaired) electrons. The molecule has 0 spiro atoms. The largest absolute Gasteiger partial charge is 0.480 e. The Morgan fingerprint density at radius 2 is 1.81 bits per heavy atom. The van der Waals surface area contributed by atoms with Crippen molar-refractivity contribution in [3.05, 3.63) is 0 Å². The number of cyclic esters (lactones) is 2. The summed E-state index contributed by atoms with van der Waals surface area (Å²) in [5.74, 6) is -1.35. The van der Waals surface area contributed by atoms with Gasteiger partial charge in [0.2, 0.25) is 0 Å². The molecule has 6 heteroatoms. The smallest absolute Gasteiger partial charge is 0.320 e. The van der Waals surface area contributed by atoms with Gasteiger partial charge in [0.1, 0.15) is 6.04 Å². The normalized spacial score (nSPS) is 16.5. The summed E-state index contributed by atoms with van der Waals surface area (Å²) in [5.41, 5.74) is 5.22. The van der Waals surface area contributed by atoms with E-state index in [4.69, 9.17) is 10.8 Å². The Morgan fingerprint density at radius 3 is 1.94 bits per heavy atom. The fourth-order valence-corrected chi connectivity index (χ4v) is 1.04. The predicted octanol–water partition coefficient (Wildman–Crippen LogP) is 0.294. The SMILES string of the molecule is CC(C)CC(N)C(=O)O.O=C1CCC(=O)O1. The van der Waals surface area contributed by atoms with Crippen molar-refractivity contribution in [2.24, 2.45) is 11.7 Å². The van der Waals surface area contributed by atoms with Gasteiger partial charge in [-0.15, -0.1) is 0 Å². The molecule has 0 saturated carbocycles. The number of ether oxygens (including phenoxy) is 1. The van der Waals surface area contributed by atoms with Crippen LogP contribution in [0.1, 0.15) is 33.1 Å². The van der Waals surface area contributed by atoms with E-state index < -0.39 is 23.9 Å². The molecule has 1 unspecified atom stereocenters. The van der Waals surface area contributed by atoms with Crippen LogP contribution in [0.4, 0.5) is 0 Å². The van der Waals surface area contributed by atoms with E-state index >= 15 is 0 Å². The van der Waals surface area contributed by atoms with E-state index in [1.807, 2.05) is 13.8 Å². The standard InChI is InChI=1S/C6H13NO2.C4H4O3/c1-4(2)3-5(7)6(8)9;5-3-1-2-4(6)7-3/h4-5H,3,7H2,1-2H3,(H,8,9);1-2H2. The summed E-state index contributed by atoms with van der Waals surface area (Å²) < 4.78 is 4.08. The van der Waals surface area contributed by atoms with Crippen LogP contribution in [0.2, 0.25) is 0 Å². The number of hydrogen-bond acceptors (Lipinski definition) is 5. The van der Waals surface area contributed by atoms with Gasteiger partial charge < -0.3 is 15.6 Å². The molecule has 92 valence electrons. The van der Waals surface area contributed by atoms with Crippen LogP contribution in [0.3, 0.4) is 0 Å². The molecule has 0 amide bonds. The Labute approximate surface area is 93.8 Å². The van der Waals surface area contributed by atoms with Crippen LogP contribution in [-0.4, -0.2) is 29.1 Å².